The molecule has 30 heavy (non-hydrogen) atoms. The zero-order chi connectivity index (χ0) is 21.7. The zero-order valence-electron chi connectivity index (χ0n) is 16.9. The molecule has 1 amide bonds. The smallest absolute Gasteiger partial charge is 0.338 e. The molecule has 0 aromatic heterocycles. The van der Waals surface area contributed by atoms with Crippen molar-refractivity contribution in [1.82, 2.24) is 4.90 Å². The minimum atomic E-state index is -0.388. The largest absolute Gasteiger partial charge is 0.504 e. The number of rotatable bonds is 6. The van der Waals surface area contributed by atoms with E-state index in [2.05, 4.69) is 4.99 Å². The van der Waals surface area contributed by atoms with Crippen molar-refractivity contribution in [2.24, 2.45) is 4.99 Å². The van der Waals surface area contributed by atoms with Gasteiger partial charge in [0.05, 0.1) is 29.9 Å². The predicted molar refractivity (Wildman–Crippen MR) is 117 cm³/mol. The number of phenolic OH excluding ortho intramolecular Hbond substituents is 1. The number of para-hydroxylation sites is 1. The number of phenols is 1. The summed E-state index contributed by atoms with van der Waals surface area (Å²) in [6.07, 6.45) is 1.62. The van der Waals surface area contributed by atoms with Gasteiger partial charge in [0.1, 0.15) is 0 Å². The highest BCUT2D eigenvalue weighted by Crippen LogP contribution is 2.37. The molecule has 1 aliphatic heterocycles. The number of amides is 1. The Morgan fingerprint density at radius 1 is 1.20 bits per heavy atom. The second-order valence-corrected chi connectivity index (χ2v) is 7.23. The van der Waals surface area contributed by atoms with Crippen molar-refractivity contribution < 1.29 is 24.2 Å². The first-order valence-corrected chi connectivity index (χ1v) is 10.2. The van der Waals surface area contributed by atoms with Crippen molar-refractivity contribution in [3.8, 4) is 11.5 Å². The molecular weight excluding hydrogens is 404 g/mol. The van der Waals surface area contributed by atoms with Crippen LogP contribution in [0.25, 0.3) is 6.08 Å². The van der Waals surface area contributed by atoms with Crippen LogP contribution in [0.15, 0.2) is 52.4 Å². The Balaban J connectivity index is 1.88. The number of nitrogens with zero attached hydrogens (tertiary/aromatic N) is 2. The summed E-state index contributed by atoms with van der Waals surface area (Å²) >= 11 is 1.23. The first kappa shape index (κ1) is 21.4. The van der Waals surface area contributed by atoms with Crippen LogP contribution in [0.5, 0.6) is 11.5 Å². The fraction of sp³-hybridized carbons (Fsp3) is 0.227. The summed E-state index contributed by atoms with van der Waals surface area (Å²) in [6, 6.07) is 11.8. The molecule has 3 rings (SSSR count). The van der Waals surface area contributed by atoms with E-state index < -0.39 is 0 Å². The lowest BCUT2D eigenvalue weighted by molar-refractivity contribution is -0.122. The summed E-state index contributed by atoms with van der Waals surface area (Å²) < 4.78 is 10.1. The van der Waals surface area contributed by atoms with Crippen LogP contribution in [0.1, 0.15) is 29.8 Å². The quantitative estimate of drug-likeness (QED) is 0.550. The summed E-state index contributed by atoms with van der Waals surface area (Å²) in [4.78, 5) is 31.2. The van der Waals surface area contributed by atoms with E-state index in [4.69, 9.17) is 9.47 Å². The van der Waals surface area contributed by atoms with E-state index in [9.17, 15) is 14.7 Å². The normalized spacial score (nSPS) is 16.4. The van der Waals surface area contributed by atoms with Crippen molar-refractivity contribution in [2.45, 2.75) is 13.8 Å². The SMILES string of the molecule is CCOC(=O)c1ccc(N=C2SC(=Cc3cccc(OC)c3O)C(=O)N2CC)cc1. The number of likely N-dealkylation sites (N-methyl/N-ethyl adjacent to an activating group) is 1. The van der Waals surface area contributed by atoms with E-state index in [1.807, 2.05) is 6.92 Å². The fourth-order valence-corrected chi connectivity index (χ4v) is 3.88. The Kier molecular flexibility index (Phi) is 6.79. The highest BCUT2D eigenvalue weighted by atomic mass is 32.2. The van der Waals surface area contributed by atoms with Crippen LogP contribution in [-0.4, -0.2) is 47.3 Å². The van der Waals surface area contributed by atoms with Gasteiger partial charge in [-0.05, 0) is 62.0 Å². The molecule has 1 saturated heterocycles. The third-order valence-corrected chi connectivity index (χ3v) is 5.35. The molecule has 0 aliphatic carbocycles. The zero-order valence-corrected chi connectivity index (χ0v) is 17.7. The molecule has 0 spiro atoms. The number of ether oxygens (including phenoxy) is 2. The number of carbonyl (C=O) groups excluding carboxylic acids is 2. The van der Waals surface area contributed by atoms with Crippen molar-refractivity contribution in [3.63, 3.8) is 0 Å². The van der Waals surface area contributed by atoms with Crippen LogP contribution < -0.4 is 4.74 Å². The standard InChI is InChI=1S/C22H22N2O5S/c1-4-24-20(26)18(13-15-7-6-8-17(28-3)19(15)25)30-22(24)23-16-11-9-14(10-12-16)21(27)29-5-2/h6-13,25H,4-5H2,1-3H3. The van der Waals surface area contributed by atoms with Crippen molar-refractivity contribution in [2.75, 3.05) is 20.3 Å². The van der Waals surface area contributed by atoms with Gasteiger partial charge in [-0.2, -0.15) is 0 Å². The molecule has 2 aromatic carbocycles. The highest BCUT2D eigenvalue weighted by molar-refractivity contribution is 8.18. The van der Waals surface area contributed by atoms with Gasteiger partial charge in [0.15, 0.2) is 16.7 Å². The molecule has 0 saturated carbocycles. The van der Waals surface area contributed by atoms with Crippen LogP contribution in [0, 0.1) is 0 Å². The average molecular weight is 426 g/mol. The van der Waals surface area contributed by atoms with Crippen molar-refractivity contribution in [1.29, 1.82) is 0 Å². The summed E-state index contributed by atoms with van der Waals surface area (Å²) in [5, 5.41) is 10.8. The second kappa shape index (κ2) is 9.49. The number of hydrogen-bond donors (Lipinski definition) is 1. The van der Waals surface area contributed by atoms with Gasteiger partial charge in [-0.25, -0.2) is 9.79 Å². The van der Waals surface area contributed by atoms with Crippen LogP contribution in [0.2, 0.25) is 0 Å². The lowest BCUT2D eigenvalue weighted by Gasteiger charge is -2.12. The van der Waals surface area contributed by atoms with E-state index in [0.717, 1.165) is 0 Å². The van der Waals surface area contributed by atoms with E-state index >= 15 is 0 Å². The minimum Gasteiger partial charge on any atom is -0.504 e. The molecule has 8 heteroatoms. The Labute approximate surface area is 179 Å². The molecule has 1 fully saturated rings. The highest BCUT2D eigenvalue weighted by Gasteiger charge is 2.32. The van der Waals surface area contributed by atoms with Gasteiger partial charge in [-0.1, -0.05) is 12.1 Å². The number of thioether (sulfide) groups is 1. The summed E-state index contributed by atoms with van der Waals surface area (Å²) in [6.45, 7) is 4.38. The van der Waals surface area contributed by atoms with E-state index in [1.54, 1.807) is 60.4 Å². The first-order valence-electron chi connectivity index (χ1n) is 9.41. The van der Waals surface area contributed by atoms with Gasteiger partial charge in [0.2, 0.25) is 0 Å². The van der Waals surface area contributed by atoms with E-state index in [0.29, 0.717) is 45.8 Å². The third kappa shape index (κ3) is 4.49. The lowest BCUT2D eigenvalue weighted by atomic mass is 10.1. The Hall–Kier alpha value is -3.26. The predicted octanol–water partition coefficient (Wildman–Crippen LogP) is 4.20. The molecule has 2 aromatic rings. The molecule has 0 atom stereocenters. The molecule has 0 bridgehead atoms. The maximum Gasteiger partial charge on any atom is 0.338 e. The molecule has 1 heterocycles. The van der Waals surface area contributed by atoms with Crippen LogP contribution >= 0.6 is 11.8 Å². The molecule has 1 aliphatic rings. The number of hydrogen-bond acceptors (Lipinski definition) is 7. The van der Waals surface area contributed by atoms with Crippen molar-refractivity contribution >= 4 is 40.6 Å². The fourth-order valence-electron chi connectivity index (χ4n) is 2.83. The molecule has 7 nitrogen and oxygen atoms in total. The van der Waals surface area contributed by atoms with Gasteiger partial charge in [0, 0.05) is 12.1 Å². The number of benzene rings is 2. The maximum atomic E-state index is 12.8. The Bertz CT molecular complexity index is 1010. The van der Waals surface area contributed by atoms with E-state index in [1.165, 1.54) is 18.9 Å². The van der Waals surface area contributed by atoms with Gasteiger partial charge < -0.3 is 14.6 Å². The van der Waals surface area contributed by atoms with Gasteiger partial charge in [-0.3, -0.25) is 9.69 Å². The number of carbonyl (C=O) groups is 2. The molecule has 156 valence electrons. The molecule has 0 unspecified atom stereocenters. The van der Waals surface area contributed by atoms with Gasteiger partial charge in [-0.15, -0.1) is 0 Å². The molecule has 0 radical (unpaired) electrons. The van der Waals surface area contributed by atoms with Crippen LogP contribution in [-0.2, 0) is 9.53 Å². The number of aromatic hydroxyl groups is 1. The van der Waals surface area contributed by atoms with Crippen LogP contribution in [0.4, 0.5) is 5.69 Å². The second-order valence-electron chi connectivity index (χ2n) is 6.22. The number of aliphatic imine (C=N–C) groups is 1. The van der Waals surface area contributed by atoms with E-state index in [-0.39, 0.29) is 17.6 Å². The topological polar surface area (TPSA) is 88.4 Å². The molecular formula is C22H22N2O5S. The first-order chi connectivity index (χ1) is 14.5. The summed E-state index contributed by atoms with van der Waals surface area (Å²) in [5.74, 6) is -0.265. The average Bonchev–Trinajstić information content (AvgIpc) is 3.04. The third-order valence-electron chi connectivity index (χ3n) is 4.34. The molecule has 1 N–H and O–H groups in total. The maximum absolute atomic E-state index is 12.8. The number of amidine groups is 1. The van der Waals surface area contributed by atoms with Gasteiger partial charge in [0.25, 0.3) is 5.91 Å². The monoisotopic (exact) mass is 426 g/mol. The Morgan fingerprint density at radius 2 is 1.93 bits per heavy atom. The summed E-state index contributed by atoms with van der Waals surface area (Å²) in [5.41, 5.74) is 1.54. The number of esters is 1. The minimum absolute atomic E-state index is 0.0242. The summed E-state index contributed by atoms with van der Waals surface area (Å²) in [7, 11) is 1.47. The van der Waals surface area contributed by atoms with Gasteiger partial charge >= 0.3 is 5.97 Å². The lowest BCUT2D eigenvalue weighted by Crippen LogP contribution is -2.28. The number of methoxy groups -OCH3 is 1. The Morgan fingerprint density at radius 3 is 2.57 bits per heavy atom. The van der Waals surface area contributed by atoms with Crippen molar-refractivity contribution in [3.05, 3.63) is 58.5 Å². The van der Waals surface area contributed by atoms with Crippen LogP contribution in [0.3, 0.4) is 0 Å².